The van der Waals surface area contributed by atoms with Crippen molar-refractivity contribution in [1.29, 1.82) is 10.5 Å². The quantitative estimate of drug-likeness (QED) is 0.518. The SMILES string of the molecule is N#Cc1ccc(C(c2ccc(OC3CCC3)nc2)N2CCC(NC(=O)c3ccc(C#N)cc3F)C2)cc1. The first-order valence-corrected chi connectivity index (χ1v) is 12.4. The lowest BCUT2D eigenvalue weighted by molar-refractivity contribution is 0.0932. The first-order valence-electron chi connectivity index (χ1n) is 12.4. The number of amides is 1. The summed E-state index contributed by atoms with van der Waals surface area (Å²) < 4.78 is 20.3. The summed E-state index contributed by atoms with van der Waals surface area (Å²) in [6.07, 6.45) is 6.08. The number of halogens is 1. The number of nitrogens with zero attached hydrogens (tertiary/aromatic N) is 4. The average Bonchev–Trinajstić information content (AvgIpc) is 3.35. The van der Waals surface area contributed by atoms with Crippen LogP contribution in [0.3, 0.4) is 0 Å². The summed E-state index contributed by atoms with van der Waals surface area (Å²) in [5.41, 5.74) is 2.67. The molecule has 1 aliphatic carbocycles. The van der Waals surface area contributed by atoms with Gasteiger partial charge in [-0.2, -0.15) is 10.5 Å². The highest BCUT2D eigenvalue weighted by atomic mass is 19.1. The number of carbonyl (C=O) groups excluding carboxylic acids is 1. The molecule has 2 fully saturated rings. The van der Waals surface area contributed by atoms with E-state index >= 15 is 0 Å². The summed E-state index contributed by atoms with van der Waals surface area (Å²) in [6.45, 7) is 1.28. The maximum atomic E-state index is 14.3. The molecule has 1 saturated heterocycles. The molecular weight excluding hydrogens is 469 g/mol. The van der Waals surface area contributed by atoms with E-state index in [0.717, 1.165) is 30.0 Å². The second-order valence-electron chi connectivity index (χ2n) is 9.50. The highest BCUT2D eigenvalue weighted by Crippen LogP contribution is 2.33. The number of ether oxygens (including phenoxy) is 1. The van der Waals surface area contributed by atoms with Crippen LogP contribution in [0.2, 0.25) is 0 Å². The molecular formula is C29H26FN5O2. The van der Waals surface area contributed by atoms with Crippen LogP contribution in [0.25, 0.3) is 0 Å². The van der Waals surface area contributed by atoms with E-state index in [0.29, 0.717) is 31.0 Å². The Morgan fingerprint density at radius 2 is 1.76 bits per heavy atom. The van der Waals surface area contributed by atoms with Crippen LogP contribution in [-0.4, -0.2) is 41.0 Å². The third-order valence-electron chi connectivity index (χ3n) is 7.03. The molecule has 1 aliphatic heterocycles. The van der Waals surface area contributed by atoms with Crippen molar-refractivity contribution in [3.8, 4) is 18.0 Å². The third kappa shape index (κ3) is 5.45. The molecule has 7 nitrogen and oxygen atoms in total. The highest BCUT2D eigenvalue weighted by Gasteiger charge is 2.32. The molecule has 1 saturated carbocycles. The normalized spacial score (nSPS) is 18.3. The van der Waals surface area contributed by atoms with Crippen molar-refractivity contribution >= 4 is 5.91 Å². The zero-order valence-corrected chi connectivity index (χ0v) is 20.2. The Morgan fingerprint density at radius 3 is 2.38 bits per heavy atom. The van der Waals surface area contributed by atoms with Gasteiger partial charge in [0.05, 0.1) is 34.9 Å². The molecule has 186 valence electrons. The van der Waals surface area contributed by atoms with Crippen molar-refractivity contribution in [3.05, 3.63) is 94.4 Å². The second kappa shape index (κ2) is 10.8. The van der Waals surface area contributed by atoms with Gasteiger partial charge in [0.15, 0.2) is 0 Å². The molecule has 0 radical (unpaired) electrons. The average molecular weight is 496 g/mol. The van der Waals surface area contributed by atoms with Gasteiger partial charge in [0.1, 0.15) is 11.9 Å². The van der Waals surface area contributed by atoms with Crippen LogP contribution in [0.5, 0.6) is 5.88 Å². The van der Waals surface area contributed by atoms with Crippen molar-refractivity contribution < 1.29 is 13.9 Å². The van der Waals surface area contributed by atoms with Crippen LogP contribution >= 0.6 is 0 Å². The highest BCUT2D eigenvalue weighted by molar-refractivity contribution is 5.94. The van der Waals surface area contributed by atoms with Crippen molar-refractivity contribution in [1.82, 2.24) is 15.2 Å². The minimum atomic E-state index is -0.711. The van der Waals surface area contributed by atoms with E-state index in [1.807, 2.05) is 36.5 Å². The molecule has 5 rings (SSSR count). The number of likely N-dealkylation sites (tertiary alicyclic amines) is 1. The zero-order valence-electron chi connectivity index (χ0n) is 20.2. The van der Waals surface area contributed by atoms with E-state index < -0.39 is 11.7 Å². The largest absolute Gasteiger partial charge is 0.474 e. The molecule has 2 unspecified atom stereocenters. The molecule has 2 atom stereocenters. The Labute approximate surface area is 215 Å². The molecule has 0 spiro atoms. The number of nitrogens with one attached hydrogen (secondary N) is 1. The number of hydrogen-bond donors (Lipinski definition) is 1. The smallest absolute Gasteiger partial charge is 0.254 e. The standard InChI is InChI=1S/C29H26FN5O2/c30-26-14-20(16-32)6-10-25(26)29(36)34-23-12-13-35(18-23)28(21-7-4-19(15-31)5-8-21)22-9-11-27(33-17-22)37-24-2-1-3-24/h4-11,14,17,23-24,28H,1-3,12-13,18H2,(H,34,36). The molecule has 2 heterocycles. The summed E-state index contributed by atoms with van der Waals surface area (Å²) in [5.74, 6) is -0.594. The van der Waals surface area contributed by atoms with Gasteiger partial charge >= 0.3 is 0 Å². The first kappa shape index (κ1) is 24.4. The first-order chi connectivity index (χ1) is 18.0. The number of carbonyl (C=O) groups is 1. The molecule has 1 aromatic heterocycles. The van der Waals surface area contributed by atoms with E-state index in [1.165, 1.54) is 18.6 Å². The molecule has 8 heteroatoms. The van der Waals surface area contributed by atoms with E-state index in [2.05, 4.69) is 21.3 Å². The molecule has 37 heavy (non-hydrogen) atoms. The predicted octanol–water partition coefficient (Wildman–Crippen LogP) is 4.49. The fraction of sp³-hybridized carbons (Fsp3) is 0.310. The van der Waals surface area contributed by atoms with Crippen LogP contribution < -0.4 is 10.1 Å². The molecule has 1 N–H and O–H groups in total. The maximum Gasteiger partial charge on any atom is 0.254 e. The summed E-state index contributed by atoms with van der Waals surface area (Å²) in [7, 11) is 0. The second-order valence-corrected chi connectivity index (χ2v) is 9.50. The van der Waals surface area contributed by atoms with Crippen LogP contribution in [-0.2, 0) is 0 Å². The van der Waals surface area contributed by atoms with Crippen LogP contribution in [0, 0.1) is 28.5 Å². The molecule has 0 bridgehead atoms. The van der Waals surface area contributed by atoms with Gasteiger partial charge in [-0.3, -0.25) is 9.69 Å². The summed E-state index contributed by atoms with van der Waals surface area (Å²) in [4.78, 5) is 19.6. The predicted molar refractivity (Wildman–Crippen MR) is 134 cm³/mol. The van der Waals surface area contributed by atoms with Gasteiger partial charge in [0.25, 0.3) is 5.91 Å². The van der Waals surface area contributed by atoms with Gasteiger partial charge in [-0.15, -0.1) is 0 Å². The van der Waals surface area contributed by atoms with E-state index in [4.69, 9.17) is 10.00 Å². The van der Waals surface area contributed by atoms with Crippen LogP contribution in [0.1, 0.15) is 64.3 Å². The Bertz CT molecular complexity index is 1360. The van der Waals surface area contributed by atoms with Gasteiger partial charge in [-0.05, 0) is 67.1 Å². The van der Waals surface area contributed by atoms with Crippen LogP contribution in [0.4, 0.5) is 4.39 Å². The minimum Gasteiger partial charge on any atom is -0.474 e. The molecule has 1 amide bonds. The molecule has 2 aliphatic rings. The van der Waals surface area contributed by atoms with E-state index in [1.54, 1.807) is 12.1 Å². The summed E-state index contributed by atoms with van der Waals surface area (Å²) >= 11 is 0. The number of benzene rings is 2. The van der Waals surface area contributed by atoms with Crippen LogP contribution in [0.15, 0.2) is 60.8 Å². The lowest BCUT2D eigenvalue weighted by atomic mass is 9.96. The maximum absolute atomic E-state index is 14.3. The molecule has 2 aromatic carbocycles. The summed E-state index contributed by atoms with van der Waals surface area (Å²) in [5, 5.41) is 21.1. The Balaban J connectivity index is 1.33. The fourth-order valence-corrected chi connectivity index (χ4v) is 4.81. The van der Waals surface area contributed by atoms with Crippen molar-refractivity contribution in [2.75, 3.05) is 13.1 Å². The Morgan fingerprint density at radius 1 is 1.03 bits per heavy atom. The fourth-order valence-electron chi connectivity index (χ4n) is 4.81. The Hall–Kier alpha value is -4.27. The van der Waals surface area contributed by atoms with Gasteiger partial charge in [-0.25, -0.2) is 9.37 Å². The third-order valence-corrected chi connectivity index (χ3v) is 7.03. The van der Waals surface area contributed by atoms with Gasteiger partial charge < -0.3 is 10.1 Å². The number of nitriles is 2. The van der Waals surface area contributed by atoms with E-state index in [-0.39, 0.29) is 29.3 Å². The summed E-state index contributed by atoms with van der Waals surface area (Å²) in [6, 6.07) is 19.0. The number of rotatable bonds is 7. The van der Waals surface area contributed by atoms with Crippen molar-refractivity contribution in [3.63, 3.8) is 0 Å². The Kier molecular flexibility index (Phi) is 7.11. The zero-order chi connectivity index (χ0) is 25.8. The topological polar surface area (TPSA) is 102 Å². The monoisotopic (exact) mass is 495 g/mol. The molecule has 3 aromatic rings. The number of pyridine rings is 1. The van der Waals surface area contributed by atoms with Crippen molar-refractivity contribution in [2.45, 2.75) is 43.9 Å². The van der Waals surface area contributed by atoms with Gasteiger partial charge in [0, 0.05) is 31.4 Å². The van der Waals surface area contributed by atoms with E-state index in [9.17, 15) is 14.4 Å². The van der Waals surface area contributed by atoms with Gasteiger partial charge in [-0.1, -0.05) is 18.2 Å². The lowest BCUT2D eigenvalue weighted by Gasteiger charge is -2.29. The number of hydrogen-bond acceptors (Lipinski definition) is 6. The minimum absolute atomic E-state index is 0.0765. The number of aromatic nitrogens is 1. The van der Waals surface area contributed by atoms with Gasteiger partial charge in [0.2, 0.25) is 5.88 Å². The van der Waals surface area contributed by atoms with Crippen molar-refractivity contribution in [2.24, 2.45) is 0 Å². The lowest BCUT2D eigenvalue weighted by Crippen LogP contribution is -2.38.